The van der Waals surface area contributed by atoms with Gasteiger partial charge in [-0.3, -0.25) is 0 Å². The Labute approximate surface area is 153 Å². The normalized spacial score (nSPS) is 11.0. The zero-order chi connectivity index (χ0) is 17.7. The van der Waals surface area contributed by atoms with Crippen LogP contribution in [0.5, 0.6) is 0 Å². The Morgan fingerprint density at radius 2 is 1.44 bits per heavy atom. The molecule has 10 heteroatoms. The smallest absolute Gasteiger partial charge is 0.225 e. The van der Waals surface area contributed by atoms with Crippen molar-refractivity contribution in [2.45, 2.75) is 32.7 Å². The number of hydrogen-bond donors (Lipinski definition) is 5. The molecule has 0 bridgehead atoms. The van der Waals surface area contributed by atoms with Gasteiger partial charge in [0.05, 0.1) is 12.1 Å². The molecule has 0 fully saturated rings. The van der Waals surface area contributed by atoms with E-state index in [0.717, 1.165) is 13.0 Å². The summed E-state index contributed by atoms with van der Waals surface area (Å²) in [7, 11) is 3.52. The van der Waals surface area contributed by atoms with Gasteiger partial charge in [-0.05, 0) is 20.3 Å². The molecule has 140 valence electrons. The van der Waals surface area contributed by atoms with Gasteiger partial charge in [0, 0.05) is 20.6 Å². The zero-order valence-corrected chi connectivity index (χ0v) is 16.1. The highest BCUT2D eigenvalue weighted by molar-refractivity contribution is 5.94. The van der Waals surface area contributed by atoms with Gasteiger partial charge in [0.25, 0.3) is 0 Å². The molecule has 2 heterocycles. The monoisotopic (exact) mass is 370 g/mol. The Hall–Kier alpha value is -2.13. The first-order chi connectivity index (χ1) is 11.4. The quantitative estimate of drug-likeness (QED) is 0.474. The lowest BCUT2D eigenvalue weighted by Crippen LogP contribution is -2.35. The average Bonchev–Trinajstić information content (AvgIpc) is 2.59. The minimum Gasteiger partial charge on any atom is -0.394 e. The third-order valence-corrected chi connectivity index (χ3v) is 3.39. The van der Waals surface area contributed by atoms with Gasteiger partial charge in [0.2, 0.25) is 11.9 Å². The largest absolute Gasteiger partial charge is 0.394 e. The fraction of sp³-hybridized carbons (Fsp3) is 0.600. The van der Waals surface area contributed by atoms with Gasteiger partial charge in [-0.2, -0.15) is 9.97 Å². The maximum Gasteiger partial charge on any atom is 0.225 e. The van der Waals surface area contributed by atoms with Crippen LogP contribution in [0, 0.1) is 0 Å². The van der Waals surface area contributed by atoms with Gasteiger partial charge in [-0.1, -0.05) is 6.92 Å². The number of hydrogen-bond acceptors (Lipinski definition) is 9. The van der Waals surface area contributed by atoms with Crippen LogP contribution in [0.3, 0.4) is 0 Å². The van der Waals surface area contributed by atoms with E-state index in [1.54, 1.807) is 14.1 Å². The molecule has 0 aromatic carbocycles. The van der Waals surface area contributed by atoms with Crippen LogP contribution >= 0.6 is 12.4 Å². The van der Waals surface area contributed by atoms with E-state index in [2.05, 4.69) is 48.1 Å². The summed E-state index contributed by atoms with van der Waals surface area (Å²) < 4.78 is 0. The lowest BCUT2D eigenvalue weighted by atomic mass is 10.1. The van der Waals surface area contributed by atoms with Crippen molar-refractivity contribution < 1.29 is 5.11 Å². The first-order valence-corrected chi connectivity index (χ1v) is 8.02. The van der Waals surface area contributed by atoms with Crippen LogP contribution in [0.25, 0.3) is 11.0 Å². The third-order valence-electron chi connectivity index (χ3n) is 3.39. The molecule has 9 nitrogen and oxygen atoms in total. The van der Waals surface area contributed by atoms with Crippen molar-refractivity contribution in [1.82, 2.24) is 19.9 Å². The summed E-state index contributed by atoms with van der Waals surface area (Å²) in [4.78, 5) is 17.9. The predicted octanol–water partition coefficient (Wildman–Crippen LogP) is 1.93. The van der Waals surface area contributed by atoms with E-state index in [1.807, 2.05) is 13.8 Å². The molecule has 2 aromatic rings. The molecule has 0 amide bonds. The molecular formula is C15H27ClN8O. The number of fused-ring (bicyclic) bond motifs is 1. The fourth-order valence-corrected chi connectivity index (χ4v) is 2.05. The summed E-state index contributed by atoms with van der Waals surface area (Å²) in [5, 5.41) is 22.0. The summed E-state index contributed by atoms with van der Waals surface area (Å²) in [6, 6.07) is 0. The van der Waals surface area contributed by atoms with E-state index in [-0.39, 0.29) is 19.0 Å². The van der Waals surface area contributed by atoms with Crippen LogP contribution in [-0.4, -0.2) is 57.8 Å². The number of halogens is 1. The summed E-state index contributed by atoms with van der Waals surface area (Å²) in [5.74, 6) is 2.13. The molecule has 0 unspecified atom stereocenters. The van der Waals surface area contributed by atoms with Gasteiger partial charge in [0.15, 0.2) is 11.6 Å². The third kappa shape index (κ3) is 4.93. The fourth-order valence-electron chi connectivity index (χ4n) is 2.05. The maximum atomic E-state index is 9.55. The van der Waals surface area contributed by atoms with E-state index in [9.17, 15) is 5.11 Å². The van der Waals surface area contributed by atoms with Crippen molar-refractivity contribution in [2.75, 3.05) is 48.5 Å². The molecule has 0 saturated carbocycles. The molecule has 0 aliphatic carbocycles. The molecule has 0 radical (unpaired) electrons. The standard InChI is InChI=1S/C15H26N8O.ClH/c1-6-7-18-11-9-10(20-13(16-4)21-11)12(22-14(17-5)19-9)23-15(2,3)8-24;/h24H,6-8H2,1-5H3,(H2,16,18,20,21)(H2,17,19,22,23);1H. The number of anilines is 4. The highest BCUT2D eigenvalue weighted by Crippen LogP contribution is 2.28. The second-order valence-electron chi connectivity index (χ2n) is 6.08. The molecule has 0 aliphatic rings. The van der Waals surface area contributed by atoms with Crippen molar-refractivity contribution >= 4 is 47.0 Å². The highest BCUT2D eigenvalue weighted by atomic mass is 35.5. The number of nitrogens with one attached hydrogen (secondary N) is 4. The van der Waals surface area contributed by atoms with E-state index in [4.69, 9.17) is 0 Å². The molecular weight excluding hydrogens is 344 g/mol. The van der Waals surface area contributed by atoms with Crippen molar-refractivity contribution in [3.8, 4) is 0 Å². The molecule has 2 rings (SSSR count). The Kier molecular flexibility index (Phi) is 7.38. The number of aliphatic hydroxyl groups excluding tert-OH is 1. The molecule has 25 heavy (non-hydrogen) atoms. The van der Waals surface area contributed by atoms with Crippen LogP contribution in [0.4, 0.5) is 23.5 Å². The first-order valence-electron chi connectivity index (χ1n) is 8.02. The van der Waals surface area contributed by atoms with E-state index >= 15 is 0 Å². The zero-order valence-electron chi connectivity index (χ0n) is 15.3. The first kappa shape index (κ1) is 20.9. The average molecular weight is 371 g/mol. The number of nitrogens with zero attached hydrogens (tertiary/aromatic N) is 4. The predicted molar refractivity (Wildman–Crippen MR) is 105 cm³/mol. The second kappa shape index (κ2) is 8.82. The van der Waals surface area contributed by atoms with Gasteiger partial charge >= 0.3 is 0 Å². The van der Waals surface area contributed by atoms with Gasteiger partial charge < -0.3 is 26.4 Å². The van der Waals surface area contributed by atoms with Gasteiger partial charge in [0.1, 0.15) is 11.0 Å². The molecule has 5 N–H and O–H groups in total. The van der Waals surface area contributed by atoms with Crippen LogP contribution < -0.4 is 21.3 Å². The number of rotatable bonds is 8. The van der Waals surface area contributed by atoms with E-state index in [1.165, 1.54) is 0 Å². The summed E-state index contributed by atoms with van der Waals surface area (Å²) >= 11 is 0. The Balaban J connectivity index is 0.00000312. The van der Waals surface area contributed by atoms with Crippen LogP contribution in [0.2, 0.25) is 0 Å². The summed E-state index contributed by atoms with van der Waals surface area (Å²) in [6.45, 7) is 6.59. The van der Waals surface area contributed by atoms with Crippen molar-refractivity contribution in [3.05, 3.63) is 0 Å². The minimum absolute atomic E-state index is 0. The number of aliphatic hydroxyl groups is 1. The lowest BCUT2D eigenvalue weighted by molar-refractivity contribution is 0.234. The van der Waals surface area contributed by atoms with Crippen molar-refractivity contribution in [3.63, 3.8) is 0 Å². The maximum absolute atomic E-state index is 9.55. The summed E-state index contributed by atoms with van der Waals surface area (Å²) in [6.07, 6.45) is 0.965. The number of aromatic nitrogens is 4. The molecule has 0 saturated heterocycles. The topological polar surface area (TPSA) is 120 Å². The minimum atomic E-state index is -0.548. The second-order valence-corrected chi connectivity index (χ2v) is 6.08. The van der Waals surface area contributed by atoms with Crippen LogP contribution in [0.1, 0.15) is 27.2 Å². The molecule has 2 aromatic heterocycles. The highest BCUT2D eigenvalue weighted by Gasteiger charge is 2.21. The molecule has 0 aliphatic heterocycles. The molecule has 0 atom stereocenters. The summed E-state index contributed by atoms with van der Waals surface area (Å²) in [5.41, 5.74) is 0.667. The lowest BCUT2D eigenvalue weighted by Gasteiger charge is -2.25. The molecule has 0 spiro atoms. The van der Waals surface area contributed by atoms with Crippen LogP contribution in [-0.2, 0) is 0 Å². The van der Waals surface area contributed by atoms with E-state index in [0.29, 0.717) is 34.6 Å². The van der Waals surface area contributed by atoms with Gasteiger partial charge in [-0.25, -0.2) is 9.97 Å². The van der Waals surface area contributed by atoms with Gasteiger partial charge in [-0.15, -0.1) is 12.4 Å². The van der Waals surface area contributed by atoms with Crippen molar-refractivity contribution in [1.29, 1.82) is 0 Å². The Morgan fingerprint density at radius 3 is 1.92 bits per heavy atom. The Morgan fingerprint density at radius 1 is 0.920 bits per heavy atom. The van der Waals surface area contributed by atoms with Crippen LogP contribution in [0.15, 0.2) is 0 Å². The van der Waals surface area contributed by atoms with E-state index < -0.39 is 5.54 Å². The van der Waals surface area contributed by atoms with Crippen molar-refractivity contribution in [2.24, 2.45) is 0 Å². The SMILES string of the molecule is CCCNc1nc(NC)nc2c(NC(C)(C)CO)nc(NC)nc12.Cl. The Bertz CT molecular complexity index is 709.